The van der Waals surface area contributed by atoms with Crippen LogP contribution >= 0.6 is 0 Å². The Morgan fingerprint density at radius 2 is 1.59 bits per heavy atom. The number of benzene rings is 2. The molecule has 154 valence electrons. The molecule has 0 radical (unpaired) electrons. The molecule has 0 saturated carbocycles. The largest absolute Gasteiger partial charge is 0.338 e. The molecule has 0 saturated heterocycles. The van der Waals surface area contributed by atoms with Crippen molar-refractivity contribution in [2.75, 3.05) is 7.05 Å². The molecule has 1 atom stereocenters. The Balaban J connectivity index is 1.68. The lowest BCUT2D eigenvalue weighted by Crippen LogP contribution is -2.22. The highest BCUT2D eigenvalue weighted by Gasteiger charge is 2.17. The Morgan fingerprint density at radius 1 is 1.00 bits per heavy atom. The molecule has 0 aliphatic rings. The zero-order valence-electron chi connectivity index (χ0n) is 17.0. The summed E-state index contributed by atoms with van der Waals surface area (Å²) in [5.74, 6) is 1.55. The predicted molar refractivity (Wildman–Crippen MR) is 112 cm³/mol. The molecule has 0 amide bonds. The minimum atomic E-state index is -3.69. The Labute approximate surface area is 171 Å². The molecule has 3 rings (SSSR count). The number of nitrogens with zero attached hydrogens (tertiary/aromatic N) is 3. The van der Waals surface area contributed by atoms with Gasteiger partial charge in [0.2, 0.25) is 21.7 Å². The van der Waals surface area contributed by atoms with Crippen molar-refractivity contribution in [2.45, 2.75) is 44.2 Å². The fourth-order valence-corrected chi connectivity index (χ4v) is 3.51. The Bertz CT molecular complexity index is 1060. The summed E-state index contributed by atoms with van der Waals surface area (Å²) in [6.07, 6.45) is 0. The molecule has 29 heavy (non-hydrogen) atoms. The van der Waals surface area contributed by atoms with Crippen molar-refractivity contribution >= 4 is 10.0 Å². The summed E-state index contributed by atoms with van der Waals surface area (Å²) in [6.45, 7) is 6.80. The number of aromatic nitrogens is 2. The number of hydrogen-bond donors (Lipinski definition) is 1. The van der Waals surface area contributed by atoms with Crippen LogP contribution in [0.3, 0.4) is 0 Å². The van der Waals surface area contributed by atoms with Crippen LogP contribution in [0.15, 0.2) is 57.9 Å². The third-order valence-electron chi connectivity index (χ3n) is 5.04. The molecule has 8 heteroatoms. The fraction of sp³-hybridized carbons (Fsp3) is 0.333. The molecule has 0 spiro atoms. The van der Waals surface area contributed by atoms with E-state index in [1.54, 1.807) is 12.1 Å². The minimum Gasteiger partial charge on any atom is -0.338 e. The summed E-state index contributed by atoms with van der Waals surface area (Å²) in [6, 6.07) is 14.7. The monoisotopic (exact) mass is 414 g/mol. The molecular formula is C21H26N4O3S. The van der Waals surface area contributed by atoms with Gasteiger partial charge < -0.3 is 4.52 Å². The van der Waals surface area contributed by atoms with E-state index in [-0.39, 0.29) is 10.9 Å². The predicted octanol–water partition coefficient (Wildman–Crippen LogP) is 3.70. The number of rotatable bonds is 7. The van der Waals surface area contributed by atoms with Crippen molar-refractivity contribution < 1.29 is 12.9 Å². The number of nitrogens with two attached hydrogens (primary N) is 1. The van der Waals surface area contributed by atoms with Crippen LogP contribution in [0.25, 0.3) is 11.4 Å². The topological polar surface area (TPSA) is 102 Å². The van der Waals surface area contributed by atoms with E-state index in [9.17, 15) is 8.42 Å². The van der Waals surface area contributed by atoms with Gasteiger partial charge in [-0.2, -0.15) is 4.98 Å². The van der Waals surface area contributed by atoms with Gasteiger partial charge in [-0.1, -0.05) is 55.4 Å². The highest BCUT2D eigenvalue weighted by molar-refractivity contribution is 7.89. The summed E-state index contributed by atoms with van der Waals surface area (Å²) < 4.78 is 28.2. The van der Waals surface area contributed by atoms with Crippen molar-refractivity contribution in [1.29, 1.82) is 0 Å². The summed E-state index contributed by atoms with van der Waals surface area (Å²) in [4.78, 5) is 6.65. The lowest BCUT2D eigenvalue weighted by molar-refractivity contribution is 0.216. The second kappa shape index (κ2) is 8.44. The highest BCUT2D eigenvalue weighted by atomic mass is 32.2. The van der Waals surface area contributed by atoms with Gasteiger partial charge in [-0.3, -0.25) is 4.90 Å². The van der Waals surface area contributed by atoms with Crippen molar-refractivity contribution in [3.05, 3.63) is 65.5 Å². The van der Waals surface area contributed by atoms with E-state index < -0.39 is 10.0 Å². The summed E-state index contributed by atoms with van der Waals surface area (Å²) in [5, 5.41) is 9.24. The van der Waals surface area contributed by atoms with Crippen LogP contribution in [0.5, 0.6) is 0 Å². The second-order valence-corrected chi connectivity index (χ2v) is 9.05. The van der Waals surface area contributed by atoms with Crippen LogP contribution in [0.2, 0.25) is 0 Å². The normalized spacial score (nSPS) is 13.2. The van der Waals surface area contributed by atoms with Gasteiger partial charge >= 0.3 is 0 Å². The van der Waals surface area contributed by atoms with Crippen LogP contribution in [-0.2, 0) is 16.6 Å². The van der Waals surface area contributed by atoms with E-state index in [1.165, 1.54) is 17.7 Å². The van der Waals surface area contributed by atoms with Crippen LogP contribution in [0.4, 0.5) is 0 Å². The lowest BCUT2D eigenvalue weighted by Gasteiger charge is -2.23. The lowest BCUT2D eigenvalue weighted by atomic mass is 10.0. The molecule has 2 aromatic carbocycles. The van der Waals surface area contributed by atoms with Crippen molar-refractivity contribution in [2.24, 2.45) is 5.14 Å². The van der Waals surface area contributed by atoms with E-state index in [0.29, 0.717) is 24.2 Å². The van der Waals surface area contributed by atoms with Crippen LogP contribution < -0.4 is 5.14 Å². The number of hydrogen-bond acceptors (Lipinski definition) is 6. The van der Waals surface area contributed by atoms with Crippen molar-refractivity contribution in [3.63, 3.8) is 0 Å². The molecule has 3 aromatic rings. The van der Waals surface area contributed by atoms with Gasteiger partial charge in [-0.25, -0.2) is 13.6 Å². The first-order valence-corrected chi connectivity index (χ1v) is 11.0. The van der Waals surface area contributed by atoms with Gasteiger partial charge in [0.05, 0.1) is 11.4 Å². The third kappa shape index (κ3) is 5.09. The molecule has 2 N–H and O–H groups in total. The first-order valence-electron chi connectivity index (χ1n) is 9.41. The minimum absolute atomic E-state index is 0.0187. The molecular weight excluding hydrogens is 388 g/mol. The van der Waals surface area contributed by atoms with E-state index >= 15 is 0 Å². The molecule has 0 aliphatic carbocycles. The smallest absolute Gasteiger partial charge is 0.241 e. The molecule has 1 aromatic heterocycles. The van der Waals surface area contributed by atoms with Gasteiger partial charge in [-0.05, 0) is 43.1 Å². The second-order valence-electron chi connectivity index (χ2n) is 7.49. The SMILES string of the molecule is CC(C)c1ccc(-c2noc(CN(C)C(C)c3ccc(S(N)(=O)=O)cc3)n2)cc1. The average molecular weight is 415 g/mol. The Hall–Kier alpha value is -2.55. The van der Waals surface area contributed by atoms with E-state index in [1.807, 2.05) is 31.0 Å². The first-order chi connectivity index (χ1) is 13.6. The average Bonchev–Trinajstić information content (AvgIpc) is 3.15. The highest BCUT2D eigenvalue weighted by Crippen LogP contribution is 2.24. The fourth-order valence-electron chi connectivity index (χ4n) is 2.99. The summed E-state index contributed by atoms with van der Waals surface area (Å²) in [7, 11) is -1.75. The van der Waals surface area contributed by atoms with Crippen LogP contribution in [-0.4, -0.2) is 30.5 Å². The molecule has 7 nitrogen and oxygen atoms in total. The standard InChI is InChI=1S/C21H26N4O3S/c1-14(2)16-5-7-18(8-6-16)21-23-20(28-24-21)13-25(4)15(3)17-9-11-19(12-10-17)29(22,26)27/h5-12,14-15H,13H2,1-4H3,(H2,22,26,27). The Kier molecular flexibility index (Phi) is 6.16. The van der Waals surface area contributed by atoms with Gasteiger partial charge in [0.25, 0.3) is 0 Å². The zero-order chi connectivity index (χ0) is 21.2. The van der Waals surface area contributed by atoms with Crippen LogP contribution in [0.1, 0.15) is 49.7 Å². The molecule has 0 aliphatic heterocycles. The maximum absolute atomic E-state index is 11.4. The first kappa shape index (κ1) is 21.2. The van der Waals surface area contributed by atoms with Crippen LogP contribution in [0, 0.1) is 0 Å². The Morgan fingerprint density at radius 3 is 2.14 bits per heavy atom. The van der Waals surface area contributed by atoms with Crippen molar-refractivity contribution in [3.8, 4) is 11.4 Å². The molecule has 0 bridgehead atoms. The molecule has 0 fully saturated rings. The van der Waals surface area contributed by atoms with Gasteiger partial charge in [0.15, 0.2) is 0 Å². The molecule has 1 heterocycles. The number of sulfonamides is 1. The van der Waals surface area contributed by atoms with Gasteiger partial charge in [-0.15, -0.1) is 0 Å². The van der Waals surface area contributed by atoms with E-state index in [4.69, 9.17) is 9.66 Å². The number of primary sulfonamides is 1. The zero-order valence-corrected chi connectivity index (χ0v) is 17.8. The van der Waals surface area contributed by atoms with E-state index in [2.05, 4.69) is 36.1 Å². The maximum Gasteiger partial charge on any atom is 0.241 e. The van der Waals surface area contributed by atoms with Gasteiger partial charge in [0.1, 0.15) is 0 Å². The van der Waals surface area contributed by atoms with Gasteiger partial charge in [0, 0.05) is 11.6 Å². The summed E-state index contributed by atoms with van der Waals surface area (Å²) in [5.41, 5.74) is 3.14. The molecule has 1 unspecified atom stereocenters. The van der Waals surface area contributed by atoms with Crippen molar-refractivity contribution in [1.82, 2.24) is 15.0 Å². The summed E-state index contributed by atoms with van der Waals surface area (Å²) >= 11 is 0. The van der Waals surface area contributed by atoms with E-state index in [0.717, 1.165) is 11.1 Å². The quantitative estimate of drug-likeness (QED) is 0.632. The maximum atomic E-state index is 11.4. The third-order valence-corrected chi connectivity index (χ3v) is 5.97.